The maximum Gasteiger partial charge on any atom is 0.263 e. The van der Waals surface area contributed by atoms with E-state index in [9.17, 15) is 14.7 Å². The molecular weight excluding hydrogens is 388 g/mol. The van der Waals surface area contributed by atoms with Gasteiger partial charge in [0.15, 0.2) is 0 Å². The number of benzene rings is 1. The van der Waals surface area contributed by atoms with E-state index in [1.807, 2.05) is 0 Å². The molecule has 0 fully saturated rings. The van der Waals surface area contributed by atoms with Gasteiger partial charge >= 0.3 is 0 Å². The molecule has 0 unspecified atom stereocenters. The van der Waals surface area contributed by atoms with Crippen LogP contribution < -0.4 is 11.0 Å². The summed E-state index contributed by atoms with van der Waals surface area (Å²) >= 11 is 1.59. The predicted molar refractivity (Wildman–Crippen MR) is 114 cm³/mol. The minimum absolute atomic E-state index is 0.0703. The molecular formula is C21H22N4O3S. The molecule has 0 saturated carbocycles. The van der Waals surface area contributed by atoms with E-state index in [0.717, 1.165) is 29.7 Å². The van der Waals surface area contributed by atoms with E-state index in [2.05, 4.69) is 22.4 Å². The second-order valence-corrected chi connectivity index (χ2v) is 8.54. The van der Waals surface area contributed by atoms with Crippen molar-refractivity contribution in [3.63, 3.8) is 0 Å². The van der Waals surface area contributed by atoms with E-state index in [1.54, 1.807) is 36.5 Å². The quantitative estimate of drug-likeness (QED) is 0.510. The van der Waals surface area contributed by atoms with Crippen molar-refractivity contribution in [3.05, 3.63) is 57.0 Å². The van der Waals surface area contributed by atoms with E-state index >= 15 is 0 Å². The normalized spacial score (nSPS) is 17.4. The van der Waals surface area contributed by atoms with Gasteiger partial charge in [0.05, 0.1) is 17.9 Å². The minimum Gasteiger partial charge on any atom is -0.507 e. The van der Waals surface area contributed by atoms with E-state index in [-0.39, 0.29) is 11.3 Å². The van der Waals surface area contributed by atoms with E-state index in [1.165, 1.54) is 28.1 Å². The van der Waals surface area contributed by atoms with Crippen molar-refractivity contribution >= 4 is 33.7 Å². The number of hydrogen-bond acceptors (Lipinski definition) is 6. The highest BCUT2D eigenvalue weighted by atomic mass is 32.1. The lowest BCUT2D eigenvalue weighted by atomic mass is 9.89. The highest BCUT2D eigenvalue weighted by Crippen LogP contribution is 2.35. The van der Waals surface area contributed by atoms with Gasteiger partial charge in [-0.2, -0.15) is 5.10 Å². The van der Waals surface area contributed by atoms with Crippen molar-refractivity contribution in [2.75, 3.05) is 0 Å². The molecule has 1 aliphatic rings. The number of phenols is 1. The summed E-state index contributed by atoms with van der Waals surface area (Å²) in [4.78, 5) is 32.0. The van der Waals surface area contributed by atoms with Gasteiger partial charge < -0.3 is 5.11 Å². The van der Waals surface area contributed by atoms with Gasteiger partial charge in [-0.05, 0) is 49.8 Å². The smallest absolute Gasteiger partial charge is 0.263 e. The molecule has 0 spiro atoms. The first-order valence-corrected chi connectivity index (χ1v) is 10.4. The Morgan fingerprint density at radius 2 is 2.24 bits per heavy atom. The van der Waals surface area contributed by atoms with Crippen molar-refractivity contribution in [1.82, 2.24) is 15.0 Å². The number of nitrogens with one attached hydrogen (secondary N) is 1. The van der Waals surface area contributed by atoms with Crippen LogP contribution in [0.3, 0.4) is 0 Å². The fraction of sp³-hybridized carbons (Fsp3) is 0.333. The van der Waals surface area contributed by atoms with Crippen LogP contribution >= 0.6 is 11.3 Å². The van der Waals surface area contributed by atoms with Gasteiger partial charge in [-0.1, -0.05) is 19.1 Å². The minimum atomic E-state index is -0.765. The maximum atomic E-state index is 13.1. The van der Waals surface area contributed by atoms with Crippen LogP contribution in [0.25, 0.3) is 10.2 Å². The van der Waals surface area contributed by atoms with Gasteiger partial charge in [0, 0.05) is 10.4 Å². The maximum absolute atomic E-state index is 13.1. The van der Waals surface area contributed by atoms with Gasteiger partial charge in [-0.3, -0.25) is 14.2 Å². The number of aryl methyl sites for hydroxylation is 1. The summed E-state index contributed by atoms with van der Waals surface area (Å²) in [6, 6.07) is 5.91. The lowest BCUT2D eigenvalue weighted by Crippen LogP contribution is -2.34. The first-order valence-electron chi connectivity index (χ1n) is 9.58. The summed E-state index contributed by atoms with van der Waals surface area (Å²) in [5.41, 5.74) is 3.83. The first kappa shape index (κ1) is 19.3. The fourth-order valence-corrected chi connectivity index (χ4v) is 4.94. The molecule has 8 heteroatoms. The zero-order valence-electron chi connectivity index (χ0n) is 16.3. The second-order valence-electron chi connectivity index (χ2n) is 7.46. The number of thiophene rings is 1. The molecule has 0 radical (unpaired) electrons. The van der Waals surface area contributed by atoms with E-state index < -0.39 is 11.9 Å². The number of carbonyl (C=O) groups is 1. The largest absolute Gasteiger partial charge is 0.507 e. The van der Waals surface area contributed by atoms with Gasteiger partial charge in [0.2, 0.25) is 0 Å². The Morgan fingerprint density at radius 1 is 1.45 bits per heavy atom. The predicted octanol–water partition coefficient (Wildman–Crippen LogP) is 3.00. The first-order chi connectivity index (χ1) is 14.0. The van der Waals surface area contributed by atoms with Gasteiger partial charge in [0.1, 0.15) is 16.6 Å². The molecule has 2 N–H and O–H groups in total. The standard InChI is InChI=1S/C21H22N4O3S/c1-12-7-8-15-17(9-12)29-20-18(15)21(28)25(11-22-20)13(2)19(27)24-23-10-14-5-3-4-6-16(14)26/h3-6,10-13,26H,7-9H2,1-2H3,(H,24,27)/b23-10-/t12-,13-/m0/s1. The molecule has 1 aromatic carbocycles. The number of rotatable bonds is 4. The Morgan fingerprint density at radius 3 is 3.03 bits per heavy atom. The average Bonchev–Trinajstić information content (AvgIpc) is 3.07. The molecule has 2 aromatic heterocycles. The summed E-state index contributed by atoms with van der Waals surface area (Å²) in [7, 11) is 0. The molecule has 0 bridgehead atoms. The monoisotopic (exact) mass is 410 g/mol. The number of aromatic nitrogens is 2. The number of nitrogens with zero attached hydrogens (tertiary/aromatic N) is 3. The number of phenolic OH excluding ortho intramolecular Hbond substituents is 1. The third kappa shape index (κ3) is 3.67. The Balaban J connectivity index is 1.57. The summed E-state index contributed by atoms with van der Waals surface area (Å²) in [5, 5.41) is 14.3. The van der Waals surface area contributed by atoms with Crippen LogP contribution in [0.5, 0.6) is 5.75 Å². The third-order valence-corrected chi connectivity index (χ3v) is 6.52. The molecule has 2 atom stereocenters. The number of aromatic hydroxyl groups is 1. The van der Waals surface area contributed by atoms with Gasteiger partial charge in [0.25, 0.3) is 11.5 Å². The van der Waals surface area contributed by atoms with Gasteiger partial charge in [-0.25, -0.2) is 10.4 Å². The van der Waals surface area contributed by atoms with Crippen LogP contribution in [0.2, 0.25) is 0 Å². The zero-order valence-corrected chi connectivity index (χ0v) is 17.1. The highest BCUT2D eigenvalue weighted by molar-refractivity contribution is 7.18. The molecule has 1 amide bonds. The lowest BCUT2D eigenvalue weighted by Gasteiger charge is -2.18. The average molecular weight is 410 g/mol. The molecule has 0 saturated heterocycles. The summed E-state index contributed by atoms with van der Waals surface area (Å²) < 4.78 is 1.36. The SMILES string of the molecule is C[C@H]1CCc2c(sc3ncn([C@@H](C)C(=O)N/N=C\c4ccccc4O)c(=O)c23)C1. The molecule has 7 nitrogen and oxygen atoms in total. The van der Waals surface area contributed by atoms with Crippen molar-refractivity contribution in [2.24, 2.45) is 11.0 Å². The number of para-hydroxylation sites is 1. The lowest BCUT2D eigenvalue weighted by molar-refractivity contribution is -0.123. The number of fused-ring (bicyclic) bond motifs is 3. The third-order valence-electron chi connectivity index (χ3n) is 5.35. The van der Waals surface area contributed by atoms with Crippen molar-refractivity contribution in [2.45, 2.75) is 39.2 Å². The molecule has 2 heterocycles. The Hall–Kier alpha value is -3.00. The molecule has 3 aromatic rings. The topological polar surface area (TPSA) is 96.6 Å². The number of amides is 1. The Labute approximate surface area is 171 Å². The van der Waals surface area contributed by atoms with Crippen molar-refractivity contribution in [1.29, 1.82) is 0 Å². The zero-order chi connectivity index (χ0) is 20.5. The van der Waals surface area contributed by atoms with Crippen LogP contribution in [0.4, 0.5) is 0 Å². The fourth-order valence-electron chi connectivity index (χ4n) is 3.60. The summed E-state index contributed by atoms with van der Waals surface area (Å²) in [6.45, 7) is 3.86. The van der Waals surface area contributed by atoms with E-state index in [0.29, 0.717) is 16.9 Å². The Bertz CT molecular complexity index is 1160. The number of hydrazone groups is 1. The van der Waals surface area contributed by atoms with Crippen LogP contribution in [0.1, 0.15) is 42.3 Å². The highest BCUT2D eigenvalue weighted by Gasteiger charge is 2.25. The molecule has 150 valence electrons. The molecule has 1 aliphatic carbocycles. The summed E-state index contributed by atoms with van der Waals surface area (Å²) in [6.07, 6.45) is 5.72. The molecule has 4 rings (SSSR count). The van der Waals surface area contributed by atoms with Crippen molar-refractivity contribution < 1.29 is 9.90 Å². The van der Waals surface area contributed by atoms with Crippen LogP contribution in [-0.2, 0) is 17.6 Å². The van der Waals surface area contributed by atoms with Crippen LogP contribution in [-0.4, -0.2) is 26.8 Å². The number of hydrogen-bond donors (Lipinski definition) is 2. The Kier molecular flexibility index (Phi) is 5.19. The van der Waals surface area contributed by atoms with Crippen LogP contribution in [0, 0.1) is 5.92 Å². The molecule has 0 aliphatic heterocycles. The van der Waals surface area contributed by atoms with Crippen LogP contribution in [0.15, 0.2) is 40.5 Å². The summed E-state index contributed by atoms with van der Waals surface area (Å²) in [5.74, 6) is 0.253. The second kappa shape index (κ2) is 7.79. The van der Waals surface area contributed by atoms with Crippen molar-refractivity contribution in [3.8, 4) is 5.75 Å². The molecule has 29 heavy (non-hydrogen) atoms. The van der Waals surface area contributed by atoms with E-state index in [4.69, 9.17) is 0 Å². The van der Waals surface area contributed by atoms with Gasteiger partial charge in [-0.15, -0.1) is 11.3 Å². The number of carbonyl (C=O) groups excluding carboxylic acids is 1.